The molecule has 0 fully saturated rings. The van der Waals surface area contributed by atoms with Crippen LogP contribution in [0.15, 0.2) is 36.5 Å². The Morgan fingerprint density at radius 1 is 1.22 bits per heavy atom. The fourth-order valence-corrected chi connectivity index (χ4v) is 2.02. The first-order chi connectivity index (χ1) is 10.8. The molecule has 0 aliphatic carbocycles. The Kier molecular flexibility index (Phi) is 5.08. The maximum atomic E-state index is 12.7. The van der Waals surface area contributed by atoms with E-state index >= 15 is 0 Å². The summed E-state index contributed by atoms with van der Waals surface area (Å²) in [6, 6.07) is 8.26. The number of ether oxygens (including phenoxy) is 1. The molecule has 124 valence electrons. The number of benzene rings is 1. The lowest BCUT2D eigenvalue weighted by atomic mass is 10.2. The second-order valence-corrected chi connectivity index (χ2v) is 5.41. The number of rotatable bonds is 5. The molecule has 0 saturated carbocycles. The third-order valence-corrected chi connectivity index (χ3v) is 2.96. The van der Waals surface area contributed by atoms with E-state index in [1.807, 2.05) is 38.1 Å². The van der Waals surface area contributed by atoms with Crippen molar-refractivity contribution in [1.82, 2.24) is 9.97 Å². The molecule has 0 atom stereocenters. The molecular formula is C16H18F3N3O. The van der Waals surface area contributed by atoms with Gasteiger partial charge in [-0.25, -0.2) is 9.97 Å². The van der Waals surface area contributed by atoms with Gasteiger partial charge in [0.15, 0.2) is 0 Å². The second-order valence-electron chi connectivity index (χ2n) is 5.41. The van der Waals surface area contributed by atoms with Gasteiger partial charge in [-0.05, 0) is 37.6 Å². The average Bonchev–Trinajstić information content (AvgIpc) is 2.46. The van der Waals surface area contributed by atoms with Crippen LogP contribution in [0.3, 0.4) is 0 Å². The minimum atomic E-state index is -4.48. The quantitative estimate of drug-likeness (QED) is 0.835. The number of hydrogen-bond acceptors (Lipinski definition) is 4. The van der Waals surface area contributed by atoms with Crippen molar-refractivity contribution in [3.05, 3.63) is 47.8 Å². The Balaban J connectivity index is 2.14. The predicted molar refractivity (Wildman–Crippen MR) is 81.3 cm³/mol. The molecule has 1 aromatic carbocycles. The van der Waals surface area contributed by atoms with Crippen LogP contribution in [0.5, 0.6) is 5.75 Å². The van der Waals surface area contributed by atoms with E-state index in [4.69, 9.17) is 4.74 Å². The molecule has 0 unspecified atom stereocenters. The fourth-order valence-electron chi connectivity index (χ4n) is 2.02. The number of nitrogens with zero attached hydrogens (tertiary/aromatic N) is 3. The summed E-state index contributed by atoms with van der Waals surface area (Å²) >= 11 is 0. The summed E-state index contributed by atoms with van der Waals surface area (Å²) < 4.78 is 43.7. The van der Waals surface area contributed by atoms with Gasteiger partial charge in [0, 0.05) is 19.8 Å². The summed E-state index contributed by atoms with van der Waals surface area (Å²) in [5.74, 6) is 0.742. The van der Waals surface area contributed by atoms with E-state index in [1.165, 1.54) is 0 Å². The molecule has 0 N–H and O–H groups in total. The number of aromatic nitrogens is 2. The summed E-state index contributed by atoms with van der Waals surface area (Å²) in [5.41, 5.74) is -0.0575. The lowest BCUT2D eigenvalue weighted by molar-refractivity contribution is -0.141. The van der Waals surface area contributed by atoms with Crippen LogP contribution in [0.1, 0.15) is 25.1 Å². The Labute approximate surface area is 132 Å². The SMILES string of the molecule is CC(C)Oc1cccc(CN(C)c2nccc(C(F)(F)F)n2)c1. The Bertz CT molecular complexity index is 659. The molecular weight excluding hydrogens is 307 g/mol. The normalized spacial score (nSPS) is 11.6. The number of hydrogen-bond donors (Lipinski definition) is 0. The largest absolute Gasteiger partial charge is 0.491 e. The van der Waals surface area contributed by atoms with Crippen molar-refractivity contribution in [1.29, 1.82) is 0 Å². The minimum Gasteiger partial charge on any atom is -0.491 e. The maximum Gasteiger partial charge on any atom is 0.433 e. The van der Waals surface area contributed by atoms with Crippen molar-refractivity contribution >= 4 is 5.95 Å². The van der Waals surface area contributed by atoms with Gasteiger partial charge in [0.25, 0.3) is 0 Å². The highest BCUT2D eigenvalue weighted by molar-refractivity contribution is 5.35. The summed E-state index contributed by atoms with van der Waals surface area (Å²) in [5, 5.41) is 0. The van der Waals surface area contributed by atoms with Crippen LogP contribution in [0, 0.1) is 0 Å². The van der Waals surface area contributed by atoms with Gasteiger partial charge in [-0.3, -0.25) is 0 Å². The molecule has 1 aromatic heterocycles. The average molecular weight is 325 g/mol. The van der Waals surface area contributed by atoms with E-state index in [2.05, 4.69) is 9.97 Å². The summed E-state index contributed by atoms with van der Waals surface area (Å²) in [6.07, 6.45) is -3.32. The molecule has 1 heterocycles. The van der Waals surface area contributed by atoms with Crippen LogP contribution in [0.2, 0.25) is 0 Å². The molecule has 0 amide bonds. The van der Waals surface area contributed by atoms with Crippen LogP contribution >= 0.6 is 0 Å². The van der Waals surface area contributed by atoms with Crippen LogP contribution in [-0.4, -0.2) is 23.1 Å². The molecule has 2 aromatic rings. The van der Waals surface area contributed by atoms with Gasteiger partial charge < -0.3 is 9.64 Å². The van der Waals surface area contributed by atoms with Crippen molar-refractivity contribution in [2.45, 2.75) is 32.7 Å². The fraction of sp³-hybridized carbons (Fsp3) is 0.375. The highest BCUT2D eigenvalue weighted by Gasteiger charge is 2.33. The summed E-state index contributed by atoms with van der Waals surface area (Å²) in [7, 11) is 1.64. The minimum absolute atomic E-state index is 0.0232. The van der Waals surface area contributed by atoms with Crippen molar-refractivity contribution in [3.8, 4) is 5.75 Å². The number of anilines is 1. The van der Waals surface area contributed by atoms with Gasteiger partial charge in [0.1, 0.15) is 11.4 Å². The van der Waals surface area contributed by atoms with Crippen LogP contribution in [0.4, 0.5) is 19.1 Å². The van der Waals surface area contributed by atoms with Gasteiger partial charge in [-0.2, -0.15) is 13.2 Å². The molecule has 4 nitrogen and oxygen atoms in total. The topological polar surface area (TPSA) is 38.2 Å². The molecule has 0 aliphatic rings. The van der Waals surface area contributed by atoms with Gasteiger partial charge in [-0.1, -0.05) is 12.1 Å². The lowest BCUT2D eigenvalue weighted by Crippen LogP contribution is -2.21. The van der Waals surface area contributed by atoms with E-state index in [0.29, 0.717) is 6.54 Å². The van der Waals surface area contributed by atoms with Gasteiger partial charge in [0.2, 0.25) is 5.95 Å². The van der Waals surface area contributed by atoms with Crippen molar-refractivity contribution in [2.24, 2.45) is 0 Å². The molecule has 0 spiro atoms. The zero-order chi connectivity index (χ0) is 17.0. The Morgan fingerprint density at radius 2 is 1.96 bits per heavy atom. The highest BCUT2D eigenvalue weighted by Crippen LogP contribution is 2.28. The standard InChI is InChI=1S/C16H18F3N3O/c1-11(2)23-13-6-4-5-12(9-13)10-22(3)15-20-8-7-14(21-15)16(17,18)19/h4-9,11H,10H2,1-3H3. The smallest absolute Gasteiger partial charge is 0.433 e. The van der Waals surface area contributed by atoms with Crippen LogP contribution < -0.4 is 9.64 Å². The van der Waals surface area contributed by atoms with Gasteiger partial charge in [-0.15, -0.1) is 0 Å². The third kappa shape index (κ3) is 4.84. The first kappa shape index (κ1) is 17.1. The van der Waals surface area contributed by atoms with Gasteiger partial charge >= 0.3 is 6.18 Å². The highest BCUT2D eigenvalue weighted by atomic mass is 19.4. The van der Waals surface area contributed by atoms with E-state index in [-0.39, 0.29) is 12.1 Å². The molecule has 2 rings (SSSR count). The van der Waals surface area contributed by atoms with Crippen LogP contribution in [0.25, 0.3) is 0 Å². The van der Waals surface area contributed by atoms with Crippen LogP contribution in [-0.2, 0) is 12.7 Å². The molecule has 0 bridgehead atoms. The predicted octanol–water partition coefficient (Wildman–Crippen LogP) is 3.92. The molecule has 0 radical (unpaired) electrons. The summed E-state index contributed by atoms with van der Waals surface area (Å²) in [4.78, 5) is 9.03. The Hall–Kier alpha value is -2.31. The first-order valence-corrected chi connectivity index (χ1v) is 7.12. The van der Waals surface area contributed by atoms with Gasteiger partial charge in [0.05, 0.1) is 6.10 Å². The summed E-state index contributed by atoms with van der Waals surface area (Å²) in [6.45, 7) is 4.22. The third-order valence-electron chi connectivity index (χ3n) is 2.96. The molecule has 0 saturated heterocycles. The monoisotopic (exact) mass is 325 g/mol. The number of halogens is 3. The van der Waals surface area contributed by atoms with Crippen molar-refractivity contribution in [2.75, 3.05) is 11.9 Å². The molecule has 0 aliphatic heterocycles. The zero-order valence-corrected chi connectivity index (χ0v) is 13.1. The first-order valence-electron chi connectivity index (χ1n) is 7.12. The zero-order valence-electron chi connectivity index (χ0n) is 13.1. The van der Waals surface area contributed by atoms with Crippen molar-refractivity contribution < 1.29 is 17.9 Å². The molecule has 23 heavy (non-hydrogen) atoms. The van der Waals surface area contributed by atoms with E-state index < -0.39 is 11.9 Å². The second kappa shape index (κ2) is 6.85. The Morgan fingerprint density at radius 3 is 2.61 bits per heavy atom. The lowest BCUT2D eigenvalue weighted by Gasteiger charge is -2.19. The van der Waals surface area contributed by atoms with E-state index in [0.717, 1.165) is 23.6 Å². The van der Waals surface area contributed by atoms with E-state index in [9.17, 15) is 13.2 Å². The number of alkyl halides is 3. The molecule has 7 heteroatoms. The van der Waals surface area contributed by atoms with Crippen molar-refractivity contribution in [3.63, 3.8) is 0 Å². The van der Waals surface area contributed by atoms with E-state index in [1.54, 1.807) is 11.9 Å². The maximum absolute atomic E-state index is 12.7.